The van der Waals surface area contributed by atoms with Gasteiger partial charge in [0.05, 0.1) is 0 Å². The van der Waals surface area contributed by atoms with E-state index in [2.05, 4.69) is 12.7 Å². The maximum atomic E-state index is 14.5. The quantitative estimate of drug-likeness (QED) is 0.355. The Labute approximate surface area is 199 Å². The van der Waals surface area contributed by atoms with Crippen LogP contribution in [0.3, 0.4) is 0 Å². The molecular weight excluding hydrogens is 414 g/mol. The largest absolute Gasteiger partial charge is 0.483 e. The minimum absolute atomic E-state index is 0.188. The van der Waals surface area contributed by atoms with E-state index < -0.39 is 11.6 Å². The van der Waals surface area contributed by atoms with E-state index in [-0.39, 0.29) is 18.3 Å². The van der Waals surface area contributed by atoms with Crippen LogP contribution in [0.4, 0.5) is 8.78 Å². The average Bonchev–Trinajstić information content (AvgIpc) is 2.84. The minimum Gasteiger partial charge on any atom is -0.483 e. The summed E-state index contributed by atoms with van der Waals surface area (Å²) in [5.41, 5.74) is 0.809. The molecule has 0 N–H and O–H groups in total. The highest BCUT2D eigenvalue weighted by atomic mass is 19.1. The highest BCUT2D eigenvalue weighted by Gasteiger charge is 2.38. The van der Waals surface area contributed by atoms with Gasteiger partial charge in [0, 0.05) is 0 Å². The molecule has 0 radical (unpaired) electrons. The first kappa shape index (κ1) is 24.5. The molecule has 1 aromatic carbocycles. The van der Waals surface area contributed by atoms with Gasteiger partial charge >= 0.3 is 0 Å². The van der Waals surface area contributed by atoms with Crippen molar-refractivity contribution in [3.05, 3.63) is 54.1 Å². The van der Waals surface area contributed by atoms with Crippen LogP contribution in [0.1, 0.15) is 95.5 Å². The molecule has 3 heteroatoms. The number of hydrogen-bond donors (Lipinski definition) is 0. The summed E-state index contributed by atoms with van der Waals surface area (Å²) >= 11 is 0. The van der Waals surface area contributed by atoms with Crippen molar-refractivity contribution in [3.63, 3.8) is 0 Å². The topological polar surface area (TPSA) is 9.23 Å². The summed E-state index contributed by atoms with van der Waals surface area (Å²) < 4.78 is 34.3. The Kier molecular flexibility index (Phi) is 8.66. The number of fused-ring (bicyclic) bond motifs is 1. The zero-order chi connectivity index (χ0) is 23.2. The van der Waals surface area contributed by atoms with Crippen molar-refractivity contribution in [2.24, 2.45) is 29.6 Å². The SMILES string of the molecule is C=CCCC1CC[C@@H]2C[C@H](C3CCC(c4cc(F)c(OC/C=C/C)c(F)c4)CC3)CC[C@@H]2C1. The predicted octanol–water partition coefficient (Wildman–Crippen LogP) is 8.99. The van der Waals surface area contributed by atoms with Crippen molar-refractivity contribution < 1.29 is 13.5 Å². The fraction of sp³-hybridized carbons (Fsp3) is 0.667. The van der Waals surface area contributed by atoms with Gasteiger partial charge in [-0.15, -0.1) is 6.58 Å². The molecule has 3 aliphatic carbocycles. The number of rotatable bonds is 8. The van der Waals surface area contributed by atoms with Gasteiger partial charge in [-0.25, -0.2) is 8.78 Å². The second-order valence-corrected chi connectivity index (χ2v) is 10.9. The second-order valence-electron chi connectivity index (χ2n) is 10.9. The van der Waals surface area contributed by atoms with Gasteiger partial charge in [0.2, 0.25) is 0 Å². The molecule has 3 saturated carbocycles. The van der Waals surface area contributed by atoms with Crippen LogP contribution in [-0.4, -0.2) is 6.61 Å². The average molecular weight is 457 g/mol. The van der Waals surface area contributed by atoms with Gasteiger partial charge in [0.1, 0.15) is 6.61 Å². The second kappa shape index (κ2) is 11.7. The van der Waals surface area contributed by atoms with Crippen molar-refractivity contribution >= 4 is 0 Å². The summed E-state index contributed by atoms with van der Waals surface area (Å²) in [5, 5.41) is 0. The fourth-order valence-electron chi connectivity index (χ4n) is 7.17. The standard InChI is InChI=1S/C30H42F2O/c1-3-5-7-21-8-9-26-18-25(15-14-24(26)17-21)22-10-12-23(13-11-22)27-19-28(31)30(29(32)20-27)33-16-6-4-2/h3-4,6,19-26H,1,5,7-18H2,2H3/b6-4+/t21?,22?,23?,24-,25-,26-/m1/s1. The number of ether oxygens (including phenoxy) is 1. The maximum Gasteiger partial charge on any atom is 0.191 e. The normalized spacial score (nSPS) is 32.5. The first-order valence-corrected chi connectivity index (χ1v) is 13.4. The van der Waals surface area contributed by atoms with E-state index in [9.17, 15) is 8.78 Å². The monoisotopic (exact) mass is 456 g/mol. The van der Waals surface area contributed by atoms with E-state index >= 15 is 0 Å². The molecule has 0 amide bonds. The summed E-state index contributed by atoms with van der Waals surface area (Å²) in [5.74, 6) is 3.38. The van der Waals surface area contributed by atoms with Gasteiger partial charge in [-0.1, -0.05) is 24.6 Å². The molecule has 4 atom stereocenters. The van der Waals surface area contributed by atoms with Gasteiger partial charge in [0.25, 0.3) is 0 Å². The summed E-state index contributed by atoms with van der Waals surface area (Å²) in [6.45, 7) is 5.94. The van der Waals surface area contributed by atoms with Crippen LogP contribution >= 0.6 is 0 Å². The third kappa shape index (κ3) is 6.08. The Morgan fingerprint density at radius 2 is 1.48 bits per heavy atom. The molecule has 0 bridgehead atoms. The van der Waals surface area contributed by atoms with E-state index in [1.165, 1.54) is 76.3 Å². The van der Waals surface area contributed by atoms with E-state index in [1.54, 1.807) is 6.08 Å². The summed E-state index contributed by atoms with van der Waals surface area (Å²) in [4.78, 5) is 0. The van der Waals surface area contributed by atoms with E-state index in [1.807, 2.05) is 13.0 Å². The lowest BCUT2D eigenvalue weighted by atomic mass is 9.60. The zero-order valence-corrected chi connectivity index (χ0v) is 20.4. The van der Waals surface area contributed by atoms with Crippen LogP contribution in [0.5, 0.6) is 5.75 Å². The van der Waals surface area contributed by atoms with E-state index in [4.69, 9.17) is 4.74 Å². The molecular formula is C30H42F2O. The van der Waals surface area contributed by atoms with Crippen LogP contribution in [-0.2, 0) is 0 Å². The van der Waals surface area contributed by atoms with Gasteiger partial charge in [0.15, 0.2) is 17.4 Å². The van der Waals surface area contributed by atoms with Crippen molar-refractivity contribution in [1.82, 2.24) is 0 Å². The van der Waals surface area contributed by atoms with Crippen LogP contribution in [0.25, 0.3) is 0 Å². The molecule has 0 heterocycles. The smallest absolute Gasteiger partial charge is 0.191 e. The van der Waals surface area contributed by atoms with E-state index in [0.717, 1.165) is 48.0 Å². The summed E-state index contributed by atoms with van der Waals surface area (Å²) in [6, 6.07) is 3.02. The Balaban J connectivity index is 1.28. The molecule has 3 aliphatic rings. The molecule has 33 heavy (non-hydrogen) atoms. The molecule has 1 unspecified atom stereocenters. The lowest BCUT2D eigenvalue weighted by Crippen LogP contribution is -2.34. The highest BCUT2D eigenvalue weighted by Crippen LogP contribution is 2.50. The van der Waals surface area contributed by atoms with Gasteiger partial charge in [-0.05, 0) is 131 Å². The molecule has 0 spiro atoms. The van der Waals surface area contributed by atoms with Gasteiger partial charge in [-0.3, -0.25) is 0 Å². The molecule has 1 nitrogen and oxygen atoms in total. The van der Waals surface area contributed by atoms with Gasteiger partial charge < -0.3 is 4.74 Å². The number of allylic oxidation sites excluding steroid dienone is 2. The first-order valence-electron chi connectivity index (χ1n) is 13.4. The maximum absolute atomic E-state index is 14.5. The van der Waals surface area contributed by atoms with Crippen LogP contribution < -0.4 is 4.74 Å². The number of benzene rings is 1. The van der Waals surface area contributed by atoms with E-state index in [0.29, 0.717) is 0 Å². The first-order chi connectivity index (χ1) is 16.1. The lowest BCUT2D eigenvalue weighted by molar-refractivity contribution is 0.0621. The Morgan fingerprint density at radius 3 is 2.15 bits per heavy atom. The fourth-order valence-corrected chi connectivity index (χ4v) is 7.17. The zero-order valence-electron chi connectivity index (χ0n) is 20.4. The summed E-state index contributed by atoms with van der Waals surface area (Å²) in [6.07, 6.45) is 21.2. The Bertz CT molecular complexity index is 785. The third-order valence-electron chi connectivity index (χ3n) is 9.03. The van der Waals surface area contributed by atoms with Gasteiger partial charge in [-0.2, -0.15) is 0 Å². The van der Waals surface area contributed by atoms with Crippen LogP contribution in [0.15, 0.2) is 36.9 Å². The number of hydrogen-bond acceptors (Lipinski definition) is 1. The van der Waals surface area contributed by atoms with Crippen LogP contribution in [0.2, 0.25) is 0 Å². The number of halogens is 2. The van der Waals surface area contributed by atoms with Crippen molar-refractivity contribution in [2.75, 3.05) is 6.61 Å². The highest BCUT2D eigenvalue weighted by molar-refractivity contribution is 5.33. The predicted molar refractivity (Wildman–Crippen MR) is 132 cm³/mol. The molecule has 0 saturated heterocycles. The lowest BCUT2D eigenvalue weighted by Gasteiger charge is -2.45. The van der Waals surface area contributed by atoms with Crippen molar-refractivity contribution in [1.29, 1.82) is 0 Å². The summed E-state index contributed by atoms with van der Waals surface area (Å²) in [7, 11) is 0. The minimum atomic E-state index is -0.571. The molecule has 0 aromatic heterocycles. The Hall–Kier alpha value is -1.64. The molecule has 4 rings (SSSR count). The van der Waals surface area contributed by atoms with Crippen molar-refractivity contribution in [2.45, 2.75) is 89.9 Å². The van der Waals surface area contributed by atoms with Crippen LogP contribution in [0, 0.1) is 41.2 Å². The third-order valence-corrected chi connectivity index (χ3v) is 9.03. The van der Waals surface area contributed by atoms with Crippen molar-refractivity contribution in [3.8, 4) is 5.75 Å². The Morgan fingerprint density at radius 1 is 0.879 bits per heavy atom. The molecule has 1 aromatic rings. The molecule has 3 fully saturated rings. The molecule has 182 valence electrons. The molecule has 0 aliphatic heterocycles.